The van der Waals surface area contributed by atoms with Crippen LogP contribution in [-0.2, 0) is 14.3 Å². The summed E-state index contributed by atoms with van der Waals surface area (Å²) in [4.78, 5) is 30.6. The Bertz CT molecular complexity index is 843. The lowest BCUT2D eigenvalue weighted by molar-refractivity contribution is -0.144. The van der Waals surface area contributed by atoms with Crippen LogP contribution in [0.15, 0.2) is 12.3 Å². The Balaban J connectivity index is 2.08. The Morgan fingerprint density at radius 3 is 2.76 bits per heavy atom. The van der Waals surface area contributed by atoms with E-state index < -0.39 is 23.6 Å². The van der Waals surface area contributed by atoms with E-state index in [9.17, 15) is 9.59 Å². The topological polar surface area (TPSA) is 86.0 Å². The summed E-state index contributed by atoms with van der Waals surface area (Å²) in [7, 11) is 0. The number of hydrogen-bond donors (Lipinski definition) is 0. The van der Waals surface area contributed by atoms with Crippen molar-refractivity contribution in [2.24, 2.45) is 0 Å². The second-order valence-corrected chi connectivity index (χ2v) is 7.05. The number of carbonyl (C=O) groups is 2. The zero-order valence-corrected chi connectivity index (χ0v) is 15.2. The predicted molar refractivity (Wildman–Crippen MR) is 91.0 cm³/mol. The van der Waals surface area contributed by atoms with Gasteiger partial charge in [0.1, 0.15) is 11.5 Å². The van der Waals surface area contributed by atoms with Crippen LogP contribution in [0.2, 0.25) is 5.15 Å². The molecule has 134 valence electrons. The number of amides is 1. The number of aromatic nitrogens is 3. The molecule has 2 aromatic heterocycles. The van der Waals surface area contributed by atoms with Gasteiger partial charge in [-0.25, -0.2) is 14.3 Å². The smallest absolute Gasteiger partial charge is 0.414 e. The average Bonchev–Trinajstić information content (AvgIpc) is 3.04. The molecule has 1 atom stereocenters. The lowest BCUT2D eigenvalue weighted by Crippen LogP contribution is -2.37. The fourth-order valence-electron chi connectivity index (χ4n) is 2.73. The molecule has 0 radical (unpaired) electrons. The van der Waals surface area contributed by atoms with Gasteiger partial charge in [0.2, 0.25) is 0 Å². The summed E-state index contributed by atoms with van der Waals surface area (Å²) in [6.07, 6.45) is 0.964. The van der Waals surface area contributed by atoms with Crippen LogP contribution < -0.4 is 4.90 Å². The van der Waals surface area contributed by atoms with Gasteiger partial charge in [-0.3, -0.25) is 9.69 Å². The van der Waals surface area contributed by atoms with Crippen molar-refractivity contribution in [3.63, 3.8) is 0 Å². The van der Waals surface area contributed by atoms with Gasteiger partial charge >= 0.3 is 12.1 Å². The van der Waals surface area contributed by atoms with E-state index in [1.165, 1.54) is 15.6 Å². The van der Waals surface area contributed by atoms with Gasteiger partial charge in [-0.2, -0.15) is 5.10 Å². The molecular formula is C16H19ClN4O4. The van der Waals surface area contributed by atoms with Gasteiger partial charge in [0.25, 0.3) is 0 Å². The molecule has 1 aliphatic rings. The fraction of sp³-hybridized carbons (Fsp3) is 0.500. The average molecular weight is 367 g/mol. The van der Waals surface area contributed by atoms with Crippen molar-refractivity contribution in [3.05, 3.63) is 23.1 Å². The third-order valence-corrected chi connectivity index (χ3v) is 3.83. The highest BCUT2D eigenvalue weighted by Gasteiger charge is 2.42. The van der Waals surface area contributed by atoms with E-state index in [0.717, 1.165) is 0 Å². The zero-order valence-electron chi connectivity index (χ0n) is 14.4. The molecule has 3 heterocycles. The molecule has 0 aromatic carbocycles. The standard InChI is InChI=1S/C16H19ClN4O4/c1-5-24-14(22)9-8-20(15(23)25-16(2,3)4)10-7-18-12-6-11(17)19-21(12)13(9)10/h6-7,9H,5,8H2,1-4H3. The molecule has 25 heavy (non-hydrogen) atoms. The first-order valence-electron chi connectivity index (χ1n) is 7.92. The van der Waals surface area contributed by atoms with Gasteiger partial charge in [-0.05, 0) is 27.7 Å². The number of rotatable bonds is 2. The summed E-state index contributed by atoms with van der Waals surface area (Å²) >= 11 is 5.97. The van der Waals surface area contributed by atoms with Gasteiger partial charge < -0.3 is 9.47 Å². The largest absolute Gasteiger partial charge is 0.465 e. The monoisotopic (exact) mass is 366 g/mol. The molecule has 0 aliphatic carbocycles. The van der Waals surface area contributed by atoms with Crippen LogP contribution in [-0.4, -0.2) is 45.4 Å². The molecular weight excluding hydrogens is 348 g/mol. The molecule has 0 N–H and O–H groups in total. The van der Waals surface area contributed by atoms with Crippen LogP contribution in [0.4, 0.5) is 10.5 Å². The highest BCUT2D eigenvalue weighted by molar-refractivity contribution is 6.29. The Labute approximate surface area is 149 Å². The first-order valence-corrected chi connectivity index (χ1v) is 8.30. The third kappa shape index (κ3) is 3.26. The van der Waals surface area contributed by atoms with E-state index in [2.05, 4.69) is 10.1 Å². The first-order chi connectivity index (χ1) is 11.7. The van der Waals surface area contributed by atoms with Crippen molar-refractivity contribution < 1.29 is 19.1 Å². The number of fused-ring (bicyclic) bond motifs is 3. The van der Waals surface area contributed by atoms with Crippen molar-refractivity contribution in [2.75, 3.05) is 18.1 Å². The maximum Gasteiger partial charge on any atom is 0.414 e. The van der Waals surface area contributed by atoms with E-state index in [4.69, 9.17) is 21.1 Å². The van der Waals surface area contributed by atoms with Gasteiger partial charge in [-0.15, -0.1) is 0 Å². The van der Waals surface area contributed by atoms with Crippen LogP contribution in [0.1, 0.15) is 39.3 Å². The van der Waals surface area contributed by atoms with E-state index >= 15 is 0 Å². The van der Waals surface area contributed by atoms with Crippen LogP contribution >= 0.6 is 11.6 Å². The molecule has 1 amide bonds. The van der Waals surface area contributed by atoms with E-state index in [1.807, 2.05) is 0 Å². The molecule has 0 spiro atoms. The number of ether oxygens (including phenoxy) is 2. The summed E-state index contributed by atoms with van der Waals surface area (Å²) in [6.45, 7) is 7.40. The molecule has 0 bridgehead atoms. The molecule has 0 saturated heterocycles. The number of halogens is 1. The van der Waals surface area contributed by atoms with E-state index in [-0.39, 0.29) is 18.3 Å². The summed E-state index contributed by atoms with van der Waals surface area (Å²) in [5.41, 5.74) is 0.802. The van der Waals surface area contributed by atoms with Gasteiger partial charge in [0.15, 0.2) is 10.8 Å². The van der Waals surface area contributed by atoms with Gasteiger partial charge in [0, 0.05) is 12.6 Å². The summed E-state index contributed by atoms with van der Waals surface area (Å²) in [5.74, 6) is -1.13. The second-order valence-electron chi connectivity index (χ2n) is 6.66. The normalized spacial score (nSPS) is 16.8. The molecule has 1 unspecified atom stereocenters. The summed E-state index contributed by atoms with van der Waals surface area (Å²) in [5, 5.41) is 4.43. The third-order valence-electron chi connectivity index (χ3n) is 3.64. The summed E-state index contributed by atoms with van der Waals surface area (Å²) in [6, 6.07) is 1.58. The maximum absolute atomic E-state index is 12.6. The lowest BCUT2D eigenvalue weighted by atomic mass is 10.1. The Morgan fingerprint density at radius 2 is 2.12 bits per heavy atom. The minimum atomic E-state index is -0.691. The predicted octanol–water partition coefficient (Wildman–Crippen LogP) is 2.78. The Morgan fingerprint density at radius 1 is 1.40 bits per heavy atom. The van der Waals surface area contributed by atoms with Crippen molar-refractivity contribution in [2.45, 2.75) is 39.2 Å². The Hall–Kier alpha value is -2.35. The minimum absolute atomic E-state index is 0.0986. The second kappa shape index (κ2) is 6.18. The number of hydrogen-bond acceptors (Lipinski definition) is 6. The molecule has 1 aliphatic heterocycles. The Kier molecular flexibility index (Phi) is 4.32. The molecule has 3 rings (SSSR count). The SMILES string of the molecule is CCOC(=O)C1CN(C(=O)OC(C)(C)C)c2cnc3cc(Cl)nn3c21. The van der Waals surface area contributed by atoms with Crippen molar-refractivity contribution in [3.8, 4) is 0 Å². The fourth-order valence-corrected chi connectivity index (χ4v) is 2.91. The quantitative estimate of drug-likeness (QED) is 0.759. The van der Waals surface area contributed by atoms with Crippen molar-refractivity contribution >= 4 is 35.0 Å². The highest BCUT2D eigenvalue weighted by Crippen LogP contribution is 2.37. The van der Waals surface area contributed by atoms with Crippen LogP contribution in [0.3, 0.4) is 0 Å². The summed E-state index contributed by atoms with van der Waals surface area (Å²) < 4.78 is 12.1. The zero-order chi connectivity index (χ0) is 18.4. The van der Waals surface area contributed by atoms with E-state index in [1.54, 1.807) is 33.8 Å². The van der Waals surface area contributed by atoms with Crippen LogP contribution in [0, 0.1) is 0 Å². The van der Waals surface area contributed by atoms with Gasteiger partial charge in [-0.1, -0.05) is 11.6 Å². The molecule has 8 nitrogen and oxygen atoms in total. The van der Waals surface area contributed by atoms with Crippen LogP contribution in [0.25, 0.3) is 5.65 Å². The van der Waals surface area contributed by atoms with E-state index in [0.29, 0.717) is 17.0 Å². The molecule has 0 fully saturated rings. The lowest BCUT2D eigenvalue weighted by Gasteiger charge is -2.24. The molecule has 9 heteroatoms. The number of nitrogens with zero attached hydrogens (tertiary/aromatic N) is 4. The number of carbonyl (C=O) groups excluding carboxylic acids is 2. The number of esters is 1. The van der Waals surface area contributed by atoms with Crippen LogP contribution in [0.5, 0.6) is 0 Å². The molecule has 2 aromatic rings. The van der Waals surface area contributed by atoms with Gasteiger partial charge in [0.05, 0.1) is 24.2 Å². The first kappa shape index (κ1) is 17.5. The van der Waals surface area contributed by atoms with Crippen molar-refractivity contribution in [1.82, 2.24) is 14.6 Å². The minimum Gasteiger partial charge on any atom is -0.465 e. The number of anilines is 1. The molecule has 0 saturated carbocycles. The van der Waals surface area contributed by atoms with Crippen molar-refractivity contribution in [1.29, 1.82) is 0 Å². The maximum atomic E-state index is 12.6. The highest BCUT2D eigenvalue weighted by atomic mass is 35.5.